The van der Waals surface area contributed by atoms with Gasteiger partial charge in [-0.2, -0.15) is 0 Å². The van der Waals surface area contributed by atoms with E-state index in [2.05, 4.69) is 10.6 Å². The van der Waals surface area contributed by atoms with Crippen LogP contribution in [0, 0.1) is 6.92 Å². The normalized spacial score (nSPS) is 11.1. The quantitative estimate of drug-likeness (QED) is 0.823. The highest BCUT2D eigenvalue weighted by Gasteiger charge is 2.12. The van der Waals surface area contributed by atoms with Crippen LogP contribution in [0.3, 0.4) is 0 Å². The van der Waals surface area contributed by atoms with Crippen LogP contribution in [0.5, 0.6) is 0 Å². The molecule has 1 aromatic carbocycles. The Kier molecular flexibility index (Phi) is 5.35. The zero-order valence-electron chi connectivity index (χ0n) is 11.5. The van der Waals surface area contributed by atoms with E-state index in [4.69, 9.17) is 0 Å². The molecule has 2 N–H and O–H groups in total. The molecule has 0 atom stereocenters. The molecule has 1 aromatic rings. The summed E-state index contributed by atoms with van der Waals surface area (Å²) in [6.07, 6.45) is 0. The maximum Gasteiger partial charge on any atom is 0.253 e. The van der Waals surface area contributed by atoms with E-state index in [1.54, 1.807) is 20.0 Å². The number of nitrogens with one attached hydrogen (secondary N) is 2. The van der Waals surface area contributed by atoms with Crippen LogP contribution >= 0.6 is 0 Å². The fourth-order valence-electron chi connectivity index (χ4n) is 1.62. The Labute approximate surface area is 114 Å². The minimum atomic E-state index is -3.05. The van der Waals surface area contributed by atoms with Crippen molar-refractivity contribution in [3.8, 4) is 0 Å². The van der Waals surface area contributed by atoms with Gasteiger partial charge in [-0.1, -0.05) is 18.6 Å². The summed E-state index contributed by atoms with van der Waals surface area (Å²) in [5.74, 6) is -0.204. The third kappa shape index (κ3) is 4.55. The van der Waals surface area contributed by atoms with E-state index in [1.807, 2.05) is 19.1 Å². The second-order valence-electron chi connectivity index (χ2n) is 4.29. The highest BCUT2D eigenvalue weighted by molar-refractivity contribution is 7.91. The predicted octanol–water partition coefficient (Wildman–Crippen LogP) is 1.20. The SMILES string of the molecule is CCS(=O)(=O)CCNC(=O)c1cc(C)ccc1NC. The average Bonchev–Trinajstić information content (AvgIpc) is 2.38. The second-order valence-corrected chi connectivity index (χ2v) is 6.76. The summed E-state index contributed by atoms with van der Waals surface area (Å²) in [5.41, 5.74) is 2.23. The smallest absolute Gasteiger partial charge is 0.253 e. The van der Waals surface area contributed by atoms with Gasteiger partial charge in [0.05, 0.1) is 11.3 Å². The molecule has 1 amide bonds. The highest BCUT2D eigenvalue weighted by Crippen LogP contribution is 2.16. The molecular weight excluding hydrogens is 264 g/mol. The molecule has 0 aliphatic rings. The molecule has 0 bridgehead atoms. The molecule has 0 radical (unpaired) electrons. The summed E-state index contributed by atoms with van der Waals surface area (Å²) in [7, 11) is -1.31. The van der Waals surface area contributed by atoms with Crippen molar-refractivity contribution in [3.63, 3.8) is 0 Å². The molecule has 19 heavy (non-hydrogen) atoms. The zero-order chi connectivity index (χ0) is 14.5. The Morgan fingerprint density at radius 3 is 2.58 bits per heavy atom. The van der Waals surface area contributed by atoms with Crippen molar-refractivity contribution in [1.82, 2.24) is 5.32 Å². The van der Waals surface area contributed by atoms with E-state index < -0.39 is 9.84 Å². The summed E-state index contributed by atoms with van der Waals surface area (Å²) in [4.78, 5) is 12.0. The Morgan fingerprint density at radius 2 is 2.00 bits per heavy atom. The van der Waals surface area contributed by atoms with Gasteiger partial charge in [0.1, 0.15) is 0 Å². The van der Waals surface area contributed by atoms with Gasteiger partial charge in [-0.15, -0.1) is 0 Å². The van der Waals surface area contributed by atoms with Crippen LogP contribution < -0.4 is 10.6 Å². The Bertz CT molecular complexity index is 553. The molecule has 0 aliphatic carbocycles. The lowest BCUT2D eigenvalue weighted by Gasteiger charge is -2.10. The number of carbonyl (C=O) groups is 1. The first-order valence-electron chi connectivity index (χ1n) is 6.16. The van der Waals surface area contributed by atoms with Crippen molar-refractivity contribution in [2.45, 2.75) is 13.8 Å². The van der Waals surface area contributed by atoms with Crippen molar-refractivity contribution in [2.24, 2.45) is 0 Å². The largest absolute Gasteiger partial charge is 0.387 e. The summed E-state index contributed by atoms with van der Waals surface area (Å²) < 4.78 is 22.7. The maximum absolute atomic E-state index is 12.0. The van der Waals surface area contributed by atoms with Crippen molar-refractivity contribution in [1.29, 1.82) is 0 Å². The van der Waals surface area contributed by atoms with Crippen LogP contribution in [-0.4, -0.2) is 39.4 Å². The molecule has 0 saturated carbocycles. The Balaban J connectivity index is 2.71. The van der Waals surface area contributed by atoms with E-state index in [0.717, 1.165) is 11.3 Å². The fourth-order valence-corrected chi connectivity index (χ4v) is 2.33. The lowest BCUT2D eigenvalue weighted by Crippen LogP contribution is -2.30. The van der Waals surface area contributed by atoms with Crippen molar-refractivity contribution < 1.29 is 13.2 Å². The molecule has 0 aromatic heterocycles. The van der Waals surface area contributed by atoms with Crippen LogP contribution in [0.25, 0.3) is 0 Å². The van der Waals surface area contributed by atoms with Crippen molar-refractivity contribution in [3.05, 3.63) is 29.3 Å². The molecule has 0 unspecified atom stereocenters. The van der Waals surface area contributed by atoms with Crippen molar-refractivity contribution >= 4 is 21.4 Å². The molecule has 0 fully saturated rings. The molecule has 0 spiro atoms. The third-order valence-electron chi connectivity index (χ3n) is 2.83. The maximum atomic E-state index is 12.0. The lowest BCUT2D eigenvalue weighted by molar-refractivity contribution is 0.0957. The number of benzene rings is 1. The minimum Gasteiger partial charge on any atom is -0.387 e. The topological polar surface area (TPSA) is 75.3 Å². The number of hydrogen-bond donors (Lipinski definition) is 2. The van der Waals surface area contributed by atoms with Crippen LogP contribution in [-0.2, 0) is 9.84 Å². The monoisotopic (exact) mass is 284 g/mol. The summed E-state index contributed by atoms with van der Waals surface area (Å²) in [5, 5.41) is 5.58. The van der Waals surface area contributed by atoms with Gasteiger partial charge in [-0.05, 0) is 19.1 Å². The summed E-state index contributed by atoms with van der Waals surface area (Å²) in [6.45, 7) is 3.63. The first-order valence-corrected chi connectivity index (χ1v) is 7.98. The van der Waals surface area contributed by atoms with Gasteiger partial charge in [0.15, 0.2) is 9.84 Å². The predicted molar refractivity (Wildman–Crippen MR) is 77.4 cm³/mol. The number of amides is 1. The number of carbonyl (C=O) groups excluding carboxylic acids is 1. The third-order valence-corrected chi connectivity index (χ3v) is 4.53. The number of hydrogen-bond acceptors (Lipinski definition) is 4. The number of sulfone groups is 1. The van der Waals surface area contributed by atoms with Gasteiger partial charge in [-0.25, -0.2) is 8.42 Å². The van der Waals surface area contributed by atoms with Crippen molar-refractivity contribution in [2.75, 3.05) is 30.4 Å². The molecular formula is C13H20N2O3S. The zero-order valence-corrected chi connectivity index (χ0v) is 12.3. The fraction of sp³-hybridized carbons (Fsp3) is 0.462. The molecule has 6 heteroatoms. The molecule has 106 valence electrons. The molecule has 0 saturated heterocycles. The van der Waals surface area contributed by atoms with Gasteiger partial charge in [0, 0.05) is 25.0 Å². The van der Waals surface area contributed by atoms with Crippen LogP contribution in [0.2, 0.25) is 0 Å². The van der Waals surface area contributed by atoms with Gasteiger partial charge >= 0.3 is 0 Å². The number of rotatable bonds is 6. The molecule has 1 rings (SSSR count). The molecule has 5 nitrogen and oxygen atoms in total. The van der Waals surface area contributed by atoms with E-state index in [0.29, 0.717) is 5.56 Å². The van der Waals surface area contributed by atoms with Gasteiger partial charge in [0.2, 0.25) is 0 Å². The van der Waals surface area contributed by atoms with E-state index in [9.17, 15) is 13.2 Å². The Hall–Kier alpha value is -1.56. The van der Waals surface area contributed by atoms with E-state index >= 15 is 0 Å². The molecule has 0 aliphatic heterocycles. The average molecular weight is 284 g/mol. The van der Waals surface area contributed by atoms with E-state index in [-0.39, 0.29) is 24.0 Å². The van der Waals surface area contributed by atoms with Crippen LogP contribution in [0.15, 0.2) is 18.2 Å². The van der Waals surface area contributed by atoms with Gasteiger partial charge < -0.3 is 10.6 Å². The van der Waals surface area contributed by atoms with Crippen LogP contribution in [0.1, 0.15) is 22.8 Å². The minimum absolute atomic E-state index is 0.0318. The standard InChI is InChI=1S/C13H20N2O3S/c1-4-19(17,18)8-7-15-13(16)11-9-10(2)5-6-12(11)14-3/h5-6,9,14H,4,7-8H2,1-3H3,(H,15,16). The number of aryl methyl sites for hydroxylation is 1. The van der Waals surface area contributed by atoms with Gasteiger partial charge in [-0.3, -0.25) is 4.79 Å². The van der Waals surface area contributed by atoms with Gasteiger partial charge in [0.25, 0.3) is 5.91 Å². The highest BCUT2D eigenvalue weighted by atomic mass is 32.2. The number of anilines is 1. The summed E-state index contributed by atoms with van der Waals surface area (Å²) in [6, 6.07) is 5.51. The van der Waals surface area contributed by atoms with E-state index in [1.165, 1.54) is 0 Å². The first-order chi connectivity index (χ1) is 8.89. The second kappa shape index (κ2) is 6.56. The molecule has 0 heterocycles. The van der Waals surface area contributed by atoms with Crippen LogP contribution in [0.4, 0.5) is 5.69 Å². The first kappa shape index (κ1) is 15.5. The summed E-state index contributed by atoms with van der Waals surface area (Å²) >= 11 is 0. The lowest BCUT2D eigenvalue weighted by atomic mass is 10.1. The Morgan fingerprint density at radius 1 is 1.32 bits per heavy atom.